The first-order chi connectivity index (χ1) is 12.9. The van der Waals surface area contributed by atoms with Crippen LogP contribution in [0.1, 0.15) is 35.2 Å². The molecule has 0 unspecified atom stereocenters. The highest BCUT2D eigenvalue weighted by atomic mass is 19.1. The molecule has 1 atom stereocenters. The number of carbonyl (C=O) groups excluding carboxylic acids is 1. The summed E-state index contributed by atoms with van der Waals surface area (Å²) in [6, 6.07) is 7.49. The molecule has 4 nitrogen and oxygen atoms in total. The molecule has 2 heterocycles. The van der Waals surface area contributed by atoms with Crippen molar-refractivity contribution in [1.82, 2.24) is 9.88 Å². The van der Waals surface area contributed by atoms with Crippen molar-refractivity contribution >= 4 is 11.7 Å². The minimum Gasteiger partial charge on any atom is -0.356 e. The number of pyridine rings is 1. The molecule has 27 heavy (non-hydrogen) atoms. The zero-order valence-electron chi connectivity index (χ0n) is 15.8. The van der Waals surface area contributed by atoms with E-state index < -0.39 is 11.6 Å². The summed E-state index contributed by atoms with van der Waals surface area (Å²) in [5.41, 5.74) is 1.14. The SMILES string of the molecule is CN(C)C(=O)c1ccc(N2CCC[C@H](CCc3ccc(F)cc3F)C2)nc1. The number of amides is 1. The van der Waals surface area contributed by atoms with Crippen molar-refractivity contribution in [3.63, 3.8) is 0 Å². The van der Waals surface area contributed by atoms with Crippen LogP contribution in [-0.4, -0.2) is 43.0 Å². The largest absolute Gasteiger partial charge is 0.356 e. The number of benzene rings is 1. The van der Waals surface area contributed by atoms with Gasteiger partial charge in [-0.1, -0.05) is 6.07 Å². The van der Waals surface area contributed by atoms with E-state index in [0.29, 0.717) is 23.5 Å². The summed E-state index contributed by atoms with van der Waals surface area (Å²) in [5, 5.41) is 0. The number of aromatic nitrogens is 1. The maximum Gasteiger partial charge on any atom is 0.254 e. The average molecular weight is 373 g/mol. The van der Waals surface area contributed by atoms with E-state index in [4.69, 9.17) is 0 Å². The Morgan fingerprint density at radius 3 is 2.74 bits per heavy atom. The van der Waals surface area contributed by atoms with E-state index in [2.05, 4.69) is 9.88 Å². The Hall–Kier alpha value is -2.50. The molecule has 0 spiro atoms. The molecule has 0 bridgehead atoms. The van der Waals surface area contributed by atoms with Crippen molar-refractivity contribution in [1.29, 1.82) is 0 Å². The lowest BCUT2D eigenvalue weighted by Crippen LogP contribution is -2.36. The van der Waals surface area contributed by atoms with Gasteiger partial charge in [0.25, 0.3) is 5.91 Å². The Labute approximate surface area is 158 Å². The first-order valence-electron chi connectivity index (χ1n) is 9.30. The molecule has 0 saturated carbocycles. The summed E-state index contributed by atoms with van der Waals surface area (Å²) in [7, 11) is 3.44. The highest BCUT2D eigenvalue weighted by molar-refractivity contribution is 5.93. The first kappa shape index (κ1) is 19.3. The van der Waals surface area contributed by atoms with E-state index in [1.165, 1.54) is 17.0 Å². The second-order valence-corrected chi connectivity index (χ2v) is 7.33. The van der Waals surface area contributed by atoms with Crippen LogP contribution in [0.25, 0.3) is 0 Å². The van der Waals surface area contributed by atoms with E-state index in [0.717, 1.165) is 44.2 Å². The molecule has 1 aromatic heterocycles. The molecular formula is C21H25F2N3O. The maximum absolute atomic E-state index is 13.8. The number of nitrogens with zero attached hydrogens (tertiary/aromatic N) is 3. The van der Waals surface area contributed by atoms with Gasteiger partial charge in [-0.25, -0.2) is 13.8 Å². The molecule has 1 aromatic carbocycles. The van der Waals surface area contributed by atoms with E-state index >= 15 is 0 Å². The third-order valence-corrected chi connectivity index (χ3v) is 5.08. The zero-order valence-corrected chi connectivity index (χ0v) is 15.8. The molecule has 1 aliphatic heterocycles. The predicted octanol–water partition coefficient (Wildman–Crippen LogP) is 3.91. The lowest BCUT2D eigenvalue weighted by molar-refractivity contribution is 0.0827. The van der Waals surface area contributed by atoms with Crippen molar-refractivity contribution in [3.05, 3.63) is 59.3 Å². The molecule has 1 fully saturated rings. The first-order valence-corrected chi connectivity index (χ1v) is 9.30. The maximum atomic E-state index is 13.8. The van der Waals surface area contributed by atoms with Crippen molar-refractivity contribution < 1.29 is 13.6 Å². The van der Waals surface area contributed by atoms with Crippen LogP contribution in [0.4, 0.5) is 14.6 Å². The lowest BCUT2D eigenvalue weighted by atomic mass is 9.91. The Morgan fingerprint density at radius 2 is 2.07 bits per heavy atom. The summed E-state index contributed by atoms with van der Waals surface area (Å²) in [4.78, 5) is 20.2. The van der Waals surface area contributed by atoms with Crippen LogP contribution in [-0.2, 0) is 6.42 Å². The van der Waals surface area contributed by atoms with Crippen molar-refractivity contribution in [3.8, 4) is 0 Å². The van der Waals surface area contributed by atoms with E-state index in [-0.39, 0.29) is 5.91 Å². The normalized spacial score (nSPS) is 17.0. The molecule has 3 rings (SSSR count). The van der Waals surface area contributed by atoms with Crippen LogP contribution in [0.15, 0.2) is 36.5 Å². The highest BCUT2D eigenvalue weighted by Gasteiger charge is 2.21. The minimum absolute atomic E-state index is 0.0631. The van der Waals surface area contributed by atoms with Gasteiger partial charge in [-0.2, -0.15) is 0 Å². The van der Waals surface area contributed by atoms with Gasteiger partial charge in [0.15, 0.2) is 0 Å². The van der Waals surface area contributed by atoms with Gasteiger partial charge in [0.05, 0.1) is 5.56 Å². The number of halogens is 2. The smallest absolute Gasteiger partial charge is 0.254 e. The van der Waals surface area contributed by atoms with Gasteiger partial charge >= 0.3 is 0 Å². The van der Waals surface area contributed by atoms with Crippen LogP contribution in [0.2, 0.25) is 0 Å². The fourth-order valence-corrected chi connectivity index (χ4v) is 3.55. The van der Waals surface area contributed by atoms with Crippen LogP contribution in [0, 0.1) is 17.6 Å². The van der Waals surface area contributed by atoms with Crippen LogP contribution in [0.5, 0.6) is 0 Å². The molecule has 0 aliphatic carbocycles. The highest BCUT2D eigenvalue weighted by Crippen LogP contribution is 2.25. The molecule has 0 N–H and O–H groups in total. The Bertz CT molecular complexity index is 793. The van der Waals surface area contributed by atoms with Gasteiger partial charge in [0, 0.05) is 39.4 Å². The Morgan fingerprint density at radius 1 is 1.26 bits per heavy atom. The van der Waals surface area contributed by atoms with Crippen molar-refractivity contribution in [2.24, 2.45) is 5.92 Å². The average Bonchev–Trinajstić information content (AvgIpc) is 2.67. The van der Waals surface area contributed by atoms with Gasteiger partial charge in [-0.05, 0) is 55.4 Å². The molecule has 6 heteroatoms. The third-order valence-electron chi connectivity index (χ3n) is 5.08. The van der Waals surface area contributed by atoms with Crippen LogP contribution in [0.3, 0.4) is 0 Å². The van der Waals surface area contributed by atoms with Crippen molar-refractivity contribution in [2.45, 2.75) is 25.7 Å². The van der Waals surface area contributed by atoms with Gasteiger partial charge in [0.2, 0.25) is 0 Å². The molecule has 0 radical (unpaired) electrons. The molecule has 1 aliphatic rings. The van der Waals surface area contributed by atoms with E-state index in [9.17, 15) is 13.6 Å². The van der Waals surface area contributed by atoms with Gasteiger partial charge in [0.1, 0.15) is 17.5 Å². The Kier molecular flexibility index (Phi) is 6.04. The standard InChI is InChI=1S/C21H25F2N3O/c1-25(2)21(27)17-8-10-20(24-13-17)26-11-3-4-15(14-26)5-6-16-7-9-18(22)12-19(16)23/h7-10,12-13,15H,3-6,11,14H2,1-2H3/t15-/m1/s1. The number of piperidine rings is 1. The van der Waals surface area contributed by atoms with E-state index in [1.54, 1.807) is 20.3 Å². The van der Waals surface area contributed by atoms with Gasteiger partial charge < -0.3 is 9.80 Å². The minimum atomic E-state index is -0.539. The number of rotatable bonds is 5. The molecule has 1 amide bonds. The van der Waals surface area contributed by atoms with Crippen LogP contribution < -0.4 is 4.90 Å². The summed E-state index contributed by atoms with van der Waals surface area (Å²) < 4.78 is 26.8. The summed E-state index contributed by atoms with van der Waals surface area (Å²) in [6.45, 7) is 1.78. The quantitative estimate of drug-likeness (QED) is 0.797. The predicted molar refractivity (Wildman–Crippen MR) is 102 cm³/mol. The van der Waals surface area contributed by atoms with Crippen LogP contribution >= 0.6 is 0 Å². The third kappa shape index (κ3) is 4.81. The zero-order chi connectivity index (χ0) is 19.4. The van der Waals surface area contributed by atoms with Gasteiger partial charge in [-0.3, -0.25) is 4.79 Å². The summed E-state index contributed by atoms with van der Waals surface area (Å²) >= 11 is 0. The molecule has 2 aromatic rings. The topological polar surface area (TPSA) is 36.4 Å². The summed E-state index contributed by atoms with van der Waals surface area (Å²) in [6.07, 6.45) is 5.23. The Balaban J connectivity index is 1.59. The number of anilines is 1. The number of aryl methyl sites for hydroxylation is 1. The lowest BCUT2D eigenvalue weighted by Gasteiger charge is -2.33. The summed E-state index contributed by atoms with van der Waals surface area (Å²) in [5.74, 6) is 0.232. The number of hydrogen-bond acceptors (Lipinski definition) is 3. The second-order valence-electron chi connectivity index (χ2n) is 7.33. The molecule has 144 valence electrons. The number of carbonyl (C=O) groups is 1. The molecule has 1 saturated heterocycles. The molecular weight excluding hydrogens is 348 g/mol. The monoisotopic (exact) mass is 373 g/mol. The second kappa shape index (κ2) is 8.46. The van der Waals surface area contributed by atoms with Gasteiger partial charge in [-0.15, -0.1) is 0 Å². The van der Waals surface area contributed by atoms with E-state index in [1.807, 2.05) is 12.1 Å². The fraction of sp³-hybridized carbons (Fsp3) is 0.429. The van der Waals surface area contributed by atoms with Crippen molar-refractivity contribution in [2.75, 3.05) is 32.1 Å². The fourth-order valence-electron chi connectivity index (χ4n) is 3.55. The number of hydrogen-bond donors (Lipinski definition) is 0.